The van der Waals surface area contributed by atoms with Crippen molar-refractivity contribution in [1.82, 2.24) is 0 Å². The van der Waals surface area contributed by atoms with Crippen LogP contribution in [-0.4, -0.2) is 11.7 Å². The Morgan fingerprint density at radius 2 is 2.10 bits per heavy atom. The molecular weight excluding hydrogens is 148 g/mol. The number of rotatable bonds is 5. The summed E-state index contributed by atoms with van der Waals surface area (Å²) < 4.78 is 0. The molecule has 0 bridgehead atoms. The van der Waals surface area contributed by atoms with Crippen LogP contribution in [0.25, 0.3) is 0 Å². The number of alkyl halides is 1. The third kappa shape index (κ3) is 3.21. The van der Waals surface area contributed by atoms with Crippen LogP contribution in [0.1, 0.15) is 33.1 Å². The van der Waals surface area contributed by atoms with E-state index in [0.29, 0.717) is 0 Å². The van der Waals surface area contributed by atoms with E-state index < -0.39 is 0 Å². The quantitative estimate of drug-likeness (QED) is 0.568. The van der Waals surface area contributed by atoms with Gasteiger partial charge in [-0.2, -0.15) is 0 Å². The molecule has 0 aromatic rings. The van der Waals surface area contributed by atoms with Crippen molar-refractivity contribution in [2.75, 3.05) is 5.88 Å². The molecule has 60 valence electrons. The van der Waals surface area contributed by atoms with Gasteiger partial charge >= 0.3 is 0 Å². The molecular formula is C8H15ClO. The number of halogens is 1. The molecule has 0 aliphatic rings. The summed E-state index contributed by atoms with van der Waals surface area (Å²) in [6.07, 6.45) is 2.99. The highest BCUT2D eigenvalue weighted by Crippen LogP contribution is 2.12. The number of carbonyl (C=O) groups excluding carboxylic acids is 1. The summed E-state index contributed by atoms with van der Waals surface area (Å²) in [5, 5.41) is 0. The Balaban J connectivity index is 3.68. The molecule has 0 saturated heterocycles. The van der Waals surface area contributed by atoms with Crippen molar-refractivity contribution in [3.05, 3.63) is 0 Å². The van der Waals surface area contributed by atoms with Crippen LogP contribution in [0.15, 0.2) is 0 Å². The Hall–Kier alpha value is -0.0400. The highest BCUT2D eigenvalue weighted by Gasteiger charge is 2.12. The van der Waals surface area contributed by atoms with Gasteiger partial charge in [-0.15, -0.1) is 11.6 Å². The minimum absolute atomic E-state index is 0.179. The first-order valence-corrected chi connectivity index (χ1v) is 4.38. The van der Waals surface area contributed by atoms with Gasteiger partial charge in [0.2, 0.25) is 0 Å². The predicted molar refractivity (Wildman–Crippen MR) is 44.4 cm³/mol. The van der Waals surface area contributed by atoms with Crippen molar-refractivity contribution in [2.45, 2.75) is 33.1 Å². The van der Waals surface area contributed by atoms with Crippen LogP contribution >= 0.6 is 11.6 Å². The zero-order valence-corrected chi connectivity index (χ0v) is 7.45. The van der Waals surface area contributed by atoms with Gasteiger partial charge in [0.15, 0.2) is 5.78 Å². The largest absolute Gasteiger partial charge is 0.298 e. The van der Waals surface area contributed by atoms with Crippen molar-refractivity contribution in [3.63, 3.8) is 0 Å². The van der Waals surface area contributed by atoms with E-state index in [9.17, 15) is 4.79 Å². The molecule has 0 amide bonds. The summed E-state index contributed by atoms with van der Waals surface area (Å²) >= 11 is 5.41. The highest BCUT2D eigenvalue weighted by atomic mass is 35.5. The second-order valence-electron chi connectivity index (χ2n) is 2.49. The lowest BCUT2D eigenvalue weighted by atomic mass is 9.97. The molecule has 0 aromatic heterocycles. The summed E-state index contributed by atoms with van der Waals surface area (Å²) in [5.74, 6) is 0.590. The third-order valence-corrected chi connectivity index (χ3v) is 1.98. The van der Waals surface area contributed by atoms with Crippen LogP contribution in [-0.2, 0) is 4.79 Å². The Morgan fingerprint density at radius 1 is 1.50 bits per heavy atom. The molecule has 10 heavy (non-hydrogen) atoms. The maximum absolute atomic E-state index is 11.0. The van der Waals surface area contributed by atoms with Crippen LogP contribution in [0, 0.1) is 5.92 Å². The fourth-order valence-corrected chi connectivity index (χ4v) is 1.27. The standard InChI is InChI=1S/C8H15ClO/c1-3-5-7(4-2)8(10)6-9/h7H,3-6H2,1-2H3. The van der Waals surface area contributed by atoms with Gasteiger partial charge in [0.05, 0.1) is 5.88 Å². The van der Waals surface area contributed by atoms with E-state index in [1.807, 2.05) is 6.92 Å². The van der Waals surface area contributed by atoms with E-state index in [0.717, 1.165) is 19.3 Å². The van der Waals surface area contributed by atoms with E-state index in [4.69, 9.17) is 11.6 Å². The van der Waals surface area contributed by atoms with Gasteiger partial charge < -0.3 is 0 Å². The molecule has 0 spiro atoms. The molecule has 1 unspecified atom stereocenters. The molecule has 0 fully saturated rings. The molecule has 1 nitrogen and oxygen atoms in total. The lowest BCUT2D eigenvalue weighted by Gasteiger charge is -2.08. The molecule has 1 atom stereocenters. The molecule has 0 aliphatic carbocycles. The van der Waals surface area contributed by atoms with Crippen LogP contribution in [0.5, 0.6) is 0 Å². The lowest BCUT2D eigenvalue weighted by molar-refractivity contribution is -0.120. The first-order chi connectivity index (χ1) is 4.76. The highest BCUT2D eigenvalue weighted by molar-refractivity contribution is 6.27. The fraction of sp³-hybridized carbons (Fsp3) is 0.875. The van der Waals surface area contributed by atoms with Gasteiger partial charge in [-0.25, -0.2) is 0 Å². The average molecular weight is 163 g/mol. The van der Waals surface area contributed by atoms with E-state index in [2.05, 4.69) is 6.92 Å². The first kappa shape index (κ1) is 9.96. The second kappa shape index (κ2) is 5.72. The van der Waals surface area contributed by atoms with Crippen LogP contribution < -0.4 is 0 Å². The van der Waals surface area contributed by atoms with Crippen LogP contribution in [0.2, 0.25) is 0 Å². The zero-order valence-electron chi connectivity index (χ0n) is 6.69. The topological polar surface area (TPSA) is 17.1 Å². The molecule has 0 N–H and O–H groups in total. The molecule has 0 saturated carbocycles. The maximum Gasteiger partial charge on any atom is 0.150 e. The number of hydrogen-bond acceptors (Lipinski definition) is 1. The Kier molecular flexibility index (Phi) is 5.70. The SMILES string of the molecule is CCCC(CC)C(=O)CCl. The minimum Gasteiger partial charge on any atom is -0.298 e. The Morgan fingerprint density at radius 3 is 2.40 bits per heavy atom. The lowest BCUT2D eigenvalue weighted by Crippen LogP contribution is -2.14. The Labute approximate surface area is 67.8 Å². The molecule has 0 aliphatic heterocycles. The molecule has 0 radical (unpaired) electrons. The van der Waals surface area contributed by atoms with E-state index in [1.165, 1.54) is 0 Å². The molecule has 2 heteroatoms. The Bertz CT molecular complexity index is 101. The van der Waals surface area contributed by atoms with Gasteiger partial charge in [0.1, 0.15) is 0 Å². The normalized spacial score (nSPS) is 13.1. The van der Waals surface area contributed by atoms with Crippen LogP contribution in [0.3, 0.4) is 0 Å². The third-order valence-electron chi connectivity index (χ3n) is 1.72. The van der Waals surface area contributed by atoms with Gasteiger partial charge in [0.25, 0.3) is 0 Å². The summed E-state index contributed by atoms with van der Waals surface area (Å²) in [7, 11) is 0. The van der Waals surface area contributed by atoms with Gasteiger partial charge in [0, 0.05) is 5.92 Å². The smallest absolute Gasteiger partial charge is 0.150 e. The molecule has 0 aromatic carbocycles. The van der Waals surface area contributed by atoms with Gasteiger partial charge in [-0.1, -0.05) is 20.3 Å². The van der Waals surface area contributed by atoms with E-state index in [1.54, 1.807) is 0 Å². The van der Waals surface area contributed by atoms with Crippen molar-refractivity contribution in [3.8, 4) is 0 Å². The number of Topliss-reactive ketones (excluding diaryl/α,β-unsaturated/α-hetero) is 1. The van der Waals surface area contributed by atoms with Crippen LogP contribution in [0.4, 0.5) is 0 Å². The fourth-order valence-electron chi connectivity index (χ4n) is 1.05. The number of hydrogen-bond donors (Lipinski definition) is 0. The second-order valence-corrected chi connectivity index (χ2v) is 2.76. The summed E-state index contributed by atoms with van der Waals surface area (Å²) in [5.41, 5.74) is 0. The summed E-state index contributed by atoms with van der Waals surface area (Å²) in [6.45, 7) is 4.12. The molecule has 0 rings (SSSR count). The minimum atomic E-state index is 0.179. The van der Waals surface area contributed by atoms with Crippen molar-refractivity contribution < 1.29 is 4.79 Å². The molecule has 0 heterocycles. The van der Waals surface area contributed by atoms with Gasteiger partial charge in [-0.3, -0.25) is 4.79 Å². The zero-order chi connectivity index (χ0) is 7.98. The van der Waals surface area contributed by atoms with Crippen molar-refractivity contribution >= 4 is 17.4 Å². The van der Waals surface area contributed by atoms with Crippen molar-refractivity contribution in [2.24, 2.45) is 5.92 Å². The maximum atomic E-state index is 11.0. The number of ketones is 1. The first-order valence-electron chi connectivity index (χ1n) is 3.84. The van der Waals surface area contributed by atoms with E-state index >= 15 is 0 Å². The summed E-state index contributed by atoms with van der Waals surface area (Å²) in [4.78, 5) is 11.0. The van der Waals surface area contributed by atoms with Crippen molar-refractivity contribution in [1.29, 1.82) is 0 Å². The predicted octanol–water partition coefficient (Wildman–Crippen LogP) is 2.62. The summed E-state index contributed by atoms with van der Waals surface area (Å²) in [6, 6.07) is 0. The number of carbonyl (C=O) groups is 1. The van der Waals surface area contributed by atoms with Gasteiger partial charge in [-0.05, 0) is 12.8 Å². The van der Waals surface area contributed by atoms with E-state index in [-0.39, 0.29) is 17.6 Å². The monoisotopic (exact) mass is 162 g/mol. The average Bonchev–Trinajstić information content (AvgIpc) is 1.99.